The van der Waals surface area contributed by atoms with Crippen molar-refractivity contribution in [2.75, 3.05) is 20.2 Å². The predicted molar refractivity (Wildman–Crippen MR) is 75.0 cm³/mol. The van der Waals surface area contributed by atoms with Crippen molar-refractivity contribution in [1.82, 2.24) is 4.31 Å². The van der Waals surface area contributed by atoms with Crippen molar-refractivity contribution in [3.63, 3.8) is 0 Å². The number of rotatable bonds is 6. The van der Waals surface area contributed by atoms with Crippen LogP contribution < -0.4 is 0 Å². The van der Waals surface area contributed by atoms with E-state index in [0.29, 0.717) is 17.6 Å². The summed E-state index contributed by atoms with van der Waals surface area (Å²) in [5.41, 5.74) is 0. The number of halogens is 1. The molecule has 0 aromatic heterocycles. The maximum Gasteiger partial charge on any atom is 0.244 e. The minimum atomic E-state index is -3.46. The Bertz CT molecular complexity index is 488. The van der Waals surface area contributed by atoms with Gasteiger partial charge in [-0.3, -0.25) is 0 Å². The fourth-order valence-corrected chi connectivity index (χ4v) is 3.47. The van der Waals surface area contributed by atoms with Crippen molar-refractivity contribution in [2.45, 2.75) is 24.8 Å². The van der Waals surface area contributed by atoms with E-state index in [2.05, 4.69) is 15.9 Å². The SMILES string of the molecule is CC(C)OCCN(C)S(=O)(=O)c1ccccc1Br. The van der Waals surface area contributed by atoms with Gasteiger partial charge in [0.15, 0.2) is 0 Å². The van der Waals surface area contributed by atoms with E-state index in [1.54, 1.807) is 31.3 Å². The maximum absolute atomic E-state index is 12.3. The second kappa shape index (κ2) is 6.65. The molecule has 6 heteroatoms. The number of hydrogen-bond acceptors (Lipinski definition) is 3. The molecular formula is C12H18BrNO3S. The van der Waals surface area contributed by atoms with Crippen molar-refractivity contribution >= 4 is 26.0 Å². The lowest BCUT2D eigenvalue weighted by atomic mass is 10.4. The number of likely N-dealkylation sites (N-methyl/N-ethyl adjacent to an activating group) is 1. The summed E-state index contributed by atoms with van der Waals surface area (Å²) in [4.78, 5) is 0.275. The van der Waals surface area contributed by atoms with Crippen LogP contribution in [0.1, 0.15) is 13.8 Å². The van der Waals surface area contributed by atoms with Crippen molar-refractivity contribution in [2.24, 2.45) is 0 Å². The normalized spacial score (nSPS) is 12.3. The second-order valence-corrected chi connectivity index (χ2v) is 7.04. The Morgan fingerprint density at radius 2 is 1.94 bits per heavy atom. The Morgan fingerprint density at radius 3 is 2.50 bits per heavy atom. The summed E-state index contributed by atoms with van der Waals surface area (Å²) >= 11 is 3.25. The fourth-order valence-electron chi connectivity index (χ4n) is 1.36. The molecule has 1 aromatic carbocycles. The van der Waals surface area contributed by atoms with Crippen LogP contribution >= 0.6 is 15.9 Å². The van der Waals surface area contributed by atoms with Crippen LogP contribution in [0.5, 0.6) is 0 Å². The van der Waals surface area contributed by atoms with Gasteiger partial charge in [-0.05, 0) is 41.9 Å². The van der Waals surface area contributed by atoms with Crippen LogP contribution in [0.3, 0.4) is 0 Å². The highest BCUT2D eigenvalue weighted by molar-refractivity contribution is 9.10. The molecule has 0 aliphatic heterocycles. The second-order valence-electron chi connectivity index (χ2n) is 4.18. The number of benzene rings is 1. The van der Waals surface area contributed by atoms with Crippen LogP contribution in [-0.4, -0.2) is 39.0 Å². The maximum atomic E-state index is 12.3. The summed E-state index contributed by atoms with van der Waals surface area (Å²) in [6.07, 6.45) is 0.101. The molecule has 4 nitrogen and oxygen atoms in total. The smallest absolute Gasteiger partial charge is 0.244 e. The largest absolute Gasteiger partial charge is 0.377 e. The molecular weight excluding hydrogens is 318 g/mol. The lowest BCUT2D eigenvalue weighted by Gasteiger charge is -2.18. The summed E-state index contributed by atoms with van der Waals surface area (Å²) in [7, 11) is -1.91. The monoisotopic (exact) mass is 335 g/mol. The Balaban J connectivity index is 2.78. The first-order valence-corrected chi connectivity index (χ1v) is 7.91. The van der Waals surface area contributed by atoms with Gasteiger partial charge < -0.3 is 4.74 Å². The number of nitrogens with zero attached hydrogens (tertiary/aromatic N) is 1. The molecule has 102 valence electrons. The molecule has 0 bridgehead atoms. The standard InChI is InChI=1S/C12H18BrNO3S/c1-10(2)17-9-8-14(3)18(15,16)12-7-5-4-6-11(12)13/h4-7,10H,8-9H2,1-3H3. The molecule has 0 atom stereocenters. The third kappa shape index (κ3) is 4.05. The zero-order valence-corrected chi connectivity index (χ0v) is 13.2. The van der Waals surface area contributed by atoms with Gasteiger partial charge in [0, 0.05) is 18.1 Å². The lowest BCUT2D eigenvalue weighted by Crippen LogP contribution is -2.31. The van der Waals surface area contributed by atoms with Gasteiger partial charge in [0.25, 0.3) is 0 Å². The summed E-state index contributed by atoms with van der Waals surface area (Å²) in [6.45, 7) is 4.56. The lowest BCUT2D eigenvalue weighted by molar-refractivity contribution is 0.0737. The average molecular weight is 336 g/mol. The zero-order chi connectivity index (χ0) is 13.8. The molecule has 0 saturated heterocycles. The van der Waals surface area contributed by atoms with Gasteiger partial charge in [0.2, 0.25) is 10.0 Å². The molecule has 0 spiro atoms. The van der Waals surface area contributed by atoms with Gasteiger partial charge in [-0.2, -0.15) is 4.31 Å². The van der Waals surface area contributed by atoms with E-state index >= 15 is 0 Å². The molecule has 0 fully saturated rings. The molecule has 0 unspecified atom stereocenters. The molecule has 1 aromatic rings. The van der Waals surface area contributed by atoms with E-state index in [0.717, 1.165) is 0 Å². The summed E-state index contributed by atoms with van der Waals surface area (Å²) in [6, 6.07) is 6.78. The van der Waals surface area contributed by atoms with Crippen molar-refractivity contribution < 1.29 is 13.2 Å². The molecule has 0 N–H and O–H groups in total. The van der Waals surface area contributed by atoms with E-state index in [1.165, 1.54) is 4.31 Å². The quantitative estimate of drug-likeness (QED) is 0.802. The topological polar surface area (TPSA) is 46.6 Å². The molecule has 0 saturated carbocycles. The first-order valence-electron chi connectivity index (χ1n) is 5.68. The molecule has 0 heterocycles. The van der Waals surface area contributed by atoms with Crippen LogP contribution in [0.15, 0.2) is 33.6 Å². The Labute approximate surface area is 117 Å². The average Bonchev–Trinajstić information content (AvgIpc) is 2.28. The molecule has 0 radical (unpaired) electrons. The minimum Gasteiger partial charge on any atom is -0.377 e. The molecule has 0 aliphatic rings. The number of hydrogen-bond donors (Lipinski definition) is 0. The fraction of sp³-hybridized carbons (Fsp3) is 0.500. The van der Waals surface area contributed by atoms with Crippen molar-refractivity contribution in [3.8, 4) is 0 Å². The van der Waals surface area contributed by atoms with Gasteiger partial charge in [-0.1, -0.05) is 12.1 Å². The van der Waals surface area contributed by atoms with E-state index in [4.69, 9.17) is 4.74 Å². The predicted octanol–water partition coefficient (Wildman–Crippen LogP) is 2.49. The third-order valence-electron chi connectivity index (χ3n) is 2.38. The van der Waals surface area contributed by atoms with Crippen LogP contribution in [0, 0.1) is 0 Å². The first kappa shape index (κ1) is 15.6. The van der Waals surface area contributed by atoms with Crippen LogP contribution in [0.4, 0.5) is 0 Å². The molecule has 0 aliphatic carbocycles. The number of ether oxygens (including phenoxy) is 1. The highest BCUT2D eigenvalue weighted by atomic mass is 79.9. The molecule has 0 amide bonds. The van der Waals surface area contributed by atoms with E-state index < -0.39 is 10.0 Å². The van der Waals surface area contributed by atoms with Gasteiger partial charge in [0.1, 0.15) is 0 Å². The minimum absolute atomic E-state index is 0.101. The summed E-state index contributed by atoms with van der Waals surface area (Å²) in [5.74, 6) is 0. The van der Waals surface area contributed by atoms with Crippen LogP contribution in [0.25, 0.3) is 0 Å². The molecule has 18 heavy (non-hydrogen) atoms. The molecule has 1 rings (SSSR count). The van der Waals surface area contributed by atoms with E-state index in [9.17, 15) is 8.42 Å². The van der Waals surface area contributed by atoms with E-state index in [-0.39, 0.29) is 11.0 Å². The van der Waals surface area contributed by atoms with Crippen molar-refractivity contribution in [1.29, 1.82) is 0 Å². The van der Waals surface area contributed by atoms with Gasteiger partial charge >= 0.3 is 0 Å². The highest BCUT2D eigenvalue weighted by Crippen LogP contribution is 2.23. The van der Waals surface area contributed by atoms with Crippen LogP contribution in [-0.2, 0) is 14.8 Å². The number of sulfonamides is 1. The van der Waals surface area contributed by atoms with E-state index in [1.807, 2.05) is 13.8 Å². The van der Waals surface area contributed by atoms with Gasteiger partial charge in [0.05, 0.1) is 17.6 Å². The Kier molecular flexibility index (Phi) is 5.78. The highest BCUT2D eigenvalue weighted by Gasteiger charge is 2.22. The first-order chi connectivity index (χ1) is 8.35. The third-order valence-corrected chi connectivity index (χ3v) is 5.25. The van der Waals surface area contributed by atoms with Crippen LogP contribution in [0.2, 0.25) is 0 Å². The summed E-state index contributed by atoms with van der Waals surface area (Å²) < 4.78 is 31.8. The Morgan fingerprint density at radius 1 is 1.33 bits per heavy atom. The van der Waals surface area contributed by atoms with Gasteiger partial charge in [-0.25, -0.2) is 8.42 Å². The summed E-state index contributed by atoms with van der Waals surface area (Å²) in [5, 5.41) is 0. The van der Waals surface area contributed by atoms with Crippen molar-refractivity contribution in [3.05, 3.63) is 28.7 Å². The zero-order valence-electron chi connectivity index (χ0n) is 10.8. The Hall–Kier alpha value is -0.430. The van der Waals surface area contributed by atoms with Gasteiger partial charge in [-0.15, -0.1) is 0 Å².